The number of aliphatic imine (C=N–C) groups is 1. The van der Waals surface area contributed by atoms with Gasteiger partial charge in [0.05, 0.1) is 0 Å². The molecular weight excluding hydrogens is 274 g/mol. The maximum Gasteiger partial charge on any atom is 0.235 e. The van der Waals surface area contributed by atoms with Gasteiger partial charge in [0.2, 0.25) is 12.9 Å². The Morgan fingerprint density at radius 1 is 1.38 bits per heavy atom. The minimum absolute atomic E-state index is 0.222. The first-order valence-electron chi connectivity index (χ1n) is 4.94. The summed E-state index contributed by atoms with van der Waals surface area (Å²) >= 11 is 3.47. The van der Waals surface area contributed by atoms with Crippen LogP contribution in [0.2, 0.25) is 0 Å². The molecule has 2 aliphatic rings. The highest BCUT2D eigenvalue weighted by Crippen LogP contribution is 2.57. The molecule has 1 fully saturated rings. The van der Waals surface area contributed by atoms with Crippen molar-refractivity contribution in [1.82, 2.24) is 0 Å². The van der Waals surface area contributed by atoms with Gasteiger partial charge in [0, 0.05) is 10.0 Å². The highest BCUT2D eigenvalue weighted by atomic mass is 79.9. The maximum absolute atomic E-state index is 10.5. The summed E-state index contributed by atoms with van der Waals surface area (Å²) in [5, 5.41) is 0. The van der Waals surface area contributed by atoms with E-state index in [-0.39, 0.29) is 6.79 Å². The van der Waals surface area contributed by atoms with Crippen LogP contribution in [0.4, 0.5) is 0 Å². The molecule has 82 valence electrons. The average molecular weight is 282 g/mol. The zero-order valence-corrected chi connectivity index (χ0v) is 9.91. The molecule has 0 unspecified atom stereocenters. The van der Waals surface area contributed by atoms with Gasteiger partial charge >= 0.3 is 0 Å². The summed E-state index contributed by atoms with van der Waals surface area (Å²) in [6, 6.07) is 3.74. The summed E-state index contributed by atoms with van der Waals surface area (Å²) < 4.78 is 11.6. The van der Waals surface area contributed by atoms with E-state index < -0.39 is 5.54 Å². The molecule has 0 aromatic heterocycles. The average Bonchev–Trinajstić information content (AvgIpc) is 2.89. The summed E-state index contributed by atoms with van der Waals surface area (Å²) in [6.07, 6.45) is 3.34. The zero-order valence-electron chi connectivity index (χ0n) is 8.33. The SMILES string of the molecule is O=C=NC1(c2c(Br)ccc3c2OCO3)CC1. The van der Waals surface area contributed by atoms with Crippen LogP contribution in [0.1, 0.15) is 18.4 Å². The van der Waals surface area contributed by atoms with Gasteiger partial charge in [-0.1, -0.05) is 15.9 Å². The van der Waals surface area contributed by atoms with Gasteiger partial charge < -0.3 is 9.47 Å². The van der Waals surface area contributed by atoms with Crippen LogP contribution in [0.25, 0.3) is 0 Å². The summed E-state index contributed by atoms with van der Waals surface area (Å²) in [6.45, 7) is 0.222. The number of hydrogen-bond acceptors (Lipinski definition) is 4. The zero-order chi connectivity index (χ0) is 11.2. The van der Waals surface area contributed by atoms with E-state index in [4.69, 9.17) is 9.47 Å². The molecule has 1 saturated carbocycles. The van der Waals surface area contributed by atoms with Gasteiger partial charge in [0.1, 0.15) is 5.54 Å². The molecular formula is C11H8BrNO3. The minimum Gasteiger partial charge on any atom is -0.454 e. The summed E-state index contributed by atoms with van der Waals surface area (Å²) in [7, 11) is 0. The van der Waals surface area contributed by atoms with Gasteiger partial charge in [-0.2, -0.15) is 4.99 Å². The second kappa shape index (κ2) is 3.34. The second-order valence-corrected chi connectivity index (χ2v) is 4.75. The number of ether oxygens (including phenoxy) is 2. The van der Waals surface area contributed by atoms with E-state index in [0.717, 1.165) is 22.9 Å². The molecule has 0 saturated heterocycles. The molecule has 16 heavy (non-hydrogen) atoms. The van der Waals surface area contributed by atoms with Crippen LogP contribution in [-0.4, -0.2) is 12.9 Å². The van der Waals surface area contributed by atoms with Crippen molar-refractivity contribution < 1.29 is 14.3 Å². The lowest BCUT2D eigenvalue weighted by atomic mass is 10.0. The fraction of sp³-hybridized carbons (Fsp3) is 0.364. The minimum atomic E-state index is -0.445. The Labute approximate surface area is 100 Å². The molecule has 4 nitrogen and oxygen atoms in total. The van der Waals surface area contributed by atoms with E-state index in [1.165, 1.54) is 0 Å². The lowest BCUT2D eigenvalue weighted by Gasteiger charge is -2.13. The third kappa shape index (κ3) is 1.29. The van der Waals surface area contributed by atoms with Crippen LogP contribution >= 0.6 is 15.9 Å². The normalized spacial score (nSPS) is 19.1. The predicted molar refractivity (Wildman–Crippen MR) is 59.3 cm³/mol. The van der Waals surface area contributed by atoms with Crippen molar-refractivity contribution in [1.29, 1.82) is 0 Å². The Morgan fingerprint density at radius 3 is 2.88 bits per heavy atom. The van der Waals surface area contributed by atoms with Crippen LogP contribution in [0, 0.1) is 0 Å². The van der Waals surface area contributed by atoms with Crippen LogP contribution < -0.4 is 9.47 Å². The monoisotopic (exact) mass is 281 g/mol. The molecule has 0 bridgehead atoms. The van der Waals surface area contributed by atoms with Crippen molar-refractivity contribution >= 4 is 22.0 Å². The quantitative estimate of drug-likeness (QED) is 0.618. The first-order valence-corrected chi connectivity index (χ1v) is 5.74. The Hall–Kier alpha value is -1.32. The molecule has 1 aromatic rings. The Bertz CT molecular complexity index is 504. The predicted octanol–water partition coefficient (Wildman–Crippen LogP) is 2.50. The van der Waals surface area contributed by atoms with E-state index >= 15 is 0 Å². The number of benzene rings is 1. The van der Waals surface area contributed by atoms with Gasteiger partial charge in [-0.05, 0) is 25.0 Å². The highest BCUT2D eigenvalue weighted by Gasteiger charge is 2.49. The van der Waals surface area contributed by atoms with Gasteiger partial charge in [0.25, 0.3) is 0 Å². The molecule has 0 radical (unpaired) electrons. The number of fused-ring (bicyclic) bond motifs is 1. The number of nitrogens with zero attached hydrogens (tertiary/aromatic N) is 1. The first-order chi connectivity index (χ1) is 7.77. The van der Waals surface area contributed by atoms with Crippen LogP contribution in [0.3, 0.4) is 0 Å². The van der Waals surface area contributed by atoms with E-state index in [1.807, 2.05) is 12.1 Å². The standard InChI is InChI=1S/C11H8BrNO3/c12-7-1-2-8-10(16-6-15-8)9(7)11(3-4-11)13-5-14/h1-2H,3-4,6H2. The molecule has 1 aromatic carbocycles. The second-order valence-electron chi connectivity index (χ2n) is 3.89. The molecule has 1 heterocycles. The number of hydrogen-bond donors (Lipinski definition) is 0. The highest BCUT2D eigenvalue weighted by molar-refractivity contribution is 9.10. The van der Waals surface area contributed by atoms with Crippen molar-refractivity contribution in [3.05, 3.63) is 22.2 Å². The van der Waals surface area contributed by atoms with Crippen molar-refractivity contribution in [2.24, 2.45) is 4.99 Å². The number of halogens is 1. The van der Waals surface area contributed by atoms with E-state index in [2.05, 4.69) is 20.9 Å². The lowest BCUT2D eigenvalue weighted by molar-refractivity contribution is 0.173. The Kier molecular flexibility index (Phi) is 2.06. The van der Waals surface area contributed by atoms with Gasteiger partial charge in [-0.25, -0.2) is 4.79 Å². The fourth-order valence-corrected chi connectivity index (χ4v) is 2.69. The van der Waals surface area contributed by atoms with Crippen LogP contribution in [0.5, 0.6) is 11.5 Å². The lowest BCUT2D eigenvalue weighted by Crippen LogP contribution is -2.05. The van der Waals surface area contributed by atoms with Crippen molar-refractivity contribution in [3.8, 4) is 11.5 Å². The van der Waals surface area contributed by atoms with Crippen LogP contribution in [-0.2, 0) is 10.3 Å². The van der Waals surface area contributed by atoms with Gasteiger partial charge in [0.15, 0.2) is 11.5 Å². The van der Waals surface area contributed by atoms with E-state index in [1.54, 1.807) is 6.08 Å². The van der Waals surface area contributed by atoms with Gasteiger partial charge in [-0.15, -0.1) is 0 Å². The smallest absolute Gasteiger partial charge is 0.235 e. The van der Waals surface area contributed by atoms with Crippen molar-refractivity contribution in [3.63, 3.8) is 0 Å². The van der Waals surface area contributed by atoms with Crippen molar-refractivity contribution in [2.45, 2.75) is 18.4 Å². The van der Waals surface area contributed by atoms with Gasteiger partial charge in [-0.3, -0.25) is 0 Å². The fourth-order valence-electron chi connectivity index (χ4n) is 2.01. The molecule has 3 rings (SSSR count). The molecule has 1 aliphatic carbocycles. The summed E-state index contributed by atoms with van der Waals surface area (Å²) in [5.41, 5.74) is 0.463. The van der Waals surface area contributed by atoms with E-state index in [0.29, 0.717) is 11.5 Å². The number of isocyanates is 1. The molecule has 0 N–H and O–H groups in total. The number of carbonyl (C=O) groups excluding carboxylic acids is 1. The van der Waals surface area contributed by atoms with Crippen LogP contribution in [0.15, 0.2) is 21.6 Å². The molecule has 0 spiro atoms. The molecule has 0 atom stereocenters. The third-order valence-corrected chi connectivity index (χ3v) is 3.60. The third-order valence-electron chi connectivity index (χ3n) is 2.94. The largest absolute Gasteiger partial charge is 0.454 e. The summed E-state index contributed by atoms with van der Waals surface area (Å²) in [5.74, 6) is 1.41. The topological polar surface area (TPSA) is 47.9 Å². The Balaban J connectivity index is 2.20. The van der Waals surface area contributed by atoms with E-state index in [9.17, 15) is 4.79 Å². The Morgan fingerprint density at radius 2 is 2.19 bits per heavy atom. The summed E-state index contributed by atoms with van der Waals surface area (Å²) in [4.78, 5) is 14.4. The first kappa shape index (κ1) is 9.87. The number of rotatable bonds is 2. The van der Waals surface area contributed by atoms with Crippen molar-refractivity contribution in [2.75, 3.05) is 6.79 Å². The molecule has 5 heteroatoms. The molecule has 1 aliphatic heterocycles. The molecule has 0 amide bonds. The maximum atomic E-state index is 10.5.